The van der Waals surface area contributed by atoms with Crippen molar-refractivity contribution in [3.05, 3.63) is 35.4 Å². The maximum atomic E-state index is 13.1. The molecular formula is C15H21F2N3. The third-order valence-electron chi connectivity index (χ3n) is 4.32. The van der Waals surface area contributed by atoms with Crippen molar-refractivity contribution in [2.24, 2.45) is 0 Å². The van der Waals surface area contributed by atoms with Crippen LogP contribution in [-0.4, -0.2) is 67.1 Å². The Hall–Kier alpha value is -1.04. The fourth-order valence-corrected chi connectivity index (χ4v) is 3.05. The van der Waals surface area contributed by atoms with Gasteiger partial charge in [-0.05, 0) is 24.7 Å². The standard InChI is InChI=1S/C15H21F2N3/c1-18-2-4-20(5-3-18)15-10-19(11-15)9-12-6-13(16)8-14(17)7-12/h6-8,15H,2-5,9-11H2,1H3. The van der Waals surface area contributed by atoms with Crippen molar-refractivity contribution in [3.8, 4) is 0 Å². The maximum absolute atomic E-state index is 13.1. The van der Waals surface area contributed by atoms with Gasteiger partial charge < -0.3 is 4.90 Å². The van der Waals surface area contributed by atoms with E-state index in [0.717, 1.165) is 50.9 Å². The minimum atomic E-state index is -0.490. The van der Waals surface area contributed by atoms with E-state index < -0.39 is 11.6 Å². The summed E-state index contributed by atoms with van der Waals surface area (Å²) in [5.74, 6) is -0.979. The van der Waals surface area contributed by atoms with Crippen LogP contribution < -0.4 is 0 Å². The van der Waals surface area contributed by atoms with Crippen LogP contribution in [0.2, 0.25) is 0 Å². The highest BCUT2D eigenvalue weighted by Gasteiger charge is 2.32. The second-order valence-electron chi connectivity index (χ2n) is 5.96. The molecule has 1 aromatic carbocycles. The van der Waals surface area contributed by atoms with Gasteiger partial charge in [0.05, 0.1) is 0 Å². The lowest BCUT2D eigenvalue weighted by molar-refractivity contribution is 0.00538. The molecule has 0 bridgehead atoms. The Labute approximate surface area is 118 Å². The van der Waals surface area contributed by atoms with E-state index in [9.17, 15) is 8.78 Å². The first-order valence-corrected chi connectivity index (χ1v) is 7.20. The zero-order valence-corrected chi connectivity index (χ0v) is 11.9. The van der Waals surface area contributed by atoms with Gasteiger partial charge in [-0.2, -0.15) is 0 Å². The third-order valence-corrected chi connectivity index (χ3v) is 4.32. The molecule has 110 valence electrons. The molecule has 2 heterocycles. The molecule has 2 aliphatic heterocycles. The number of benzene rings is 1. The topological polar surface area (TPSA) is 9.72 Å². The van der Waals surface area contributed by atoms with E-state index in [2.05, 4.69) is 21.7 Å². The molecule has 2 fully saturated rings. The molecule has 3 nitrogen and oxygen atoms in total. The number of nitrogens with zero attached hydrogens (tertiary/aromatic N) is 3. The molecule has 0 amide bonds. The van der Waals surface area contributed by atoms with Crippen LogP contribution in [0.3, 0.4) is 0 Å². The summed E-state index contributed by atoms with van der Waals surface area (Å²) in [6.45, 7) is 7.16. The number of piperazine rings is 1. The average molecular weight is 281 g/mol. The summed E-state index contributed by atoms with van der Waals surface area (Å²) in [4.78, 5) is 7.13. The predicted molar refractivity (Wildman–Crippen MR) is 74.5 cm³/mol. The lowest BCUT2D eigenvalue weighted by Crippen LogP contribution is -2.62. The quantitative estimate of drug-likeness (QED) is 0.829. The number of likely N-dealkylation sites (N-methyl/N-ethyl adjacent to an activating group) is 1. The molecule has 2 saturated heterocycles. The van der Waals surface area contributed by atoms with Gasteiger partial charge in [-0.3, -0.25) is 9.80 Å². The Morgan fingerprint density at radius 2 is 1.60 bits per heavy atom. The molecule has 0 spiro atoms. The summed E-state index contributed by atoms with van der Waals surface area (Å²) >= 11 is 0. The van der Waals surface area contributed by atoms with Crippen LogP contribution in [0.5, 0.6) is 0 Å². The zero-order valence-electron chi connectivity index (χ0n) is 11.9. The van der Waals surface area contributed by atoms with Gasteiger partial charge in [0, 0.05) is 57.9 Å². The summed E-state index contributed by atoms with van der Waals surface area (Å²) < 4.78 is 26.3. The van der Waals surface area contributed by atoms with E-state index >= 15 is 0 Å². The fraction of sp³-hybridized carbons (Fsp3) is 0.600. The maximum Gasteiger partial charge on any atom is 0.126 e. The van der Waals surface area contributed by atoms with Crippen LogP contribution in [0.25, 0.3) is 0 Å². The zero-order chi connectivity index (χ0) is 14.1. The van der Waals surface area contributed by atoms with Gasteiger partial charge in [-0.15, -0.1) is 0 Å². The molecule has 3 rings (SSSR count). The molecule has 0 atom stereocenters. The van der Waals surface area contributed by atoms with E-state index in [1.807, 2.05) is 0 Å². The molecule has 5 heteroatoms. The van der Waals surface area contributed by atoms with Crippen LogP contribution in [0.15, 0.2) is 18.2 Å². The van der Waals surface area contributed by atoms with Gasteiger partial charge in [0.2, 0.25) is 0 Å². The highest BCUT2D eigenvalue weighted by Crippen LogP contribution is 2.20. The van der Waals surface area contributed by atoms with Crippen molar-refractivity contribution in [3.63, 3.8) is 0 Å². The van der Waals surface area contributed by atoms with E-state index in [-0.39, 0.29) is 0 Å². The van der Waals surface area contributed by atoms with Crippen LogP contribution in [0.4, 0.5) is 8.78 Å². The van der Waals surface area contributed by atoms with E-state index in [1.54, 1.807) is 0 Å². The lowest BCUT2D eigenvalue weighted by atomic mass is 10.0. The first-order chi connectivity index (χ1) is 9.60. The van der Waals surface area contributed by atoms with Gasteiger partial charge in [0.1, 0.15) is 11.6 Å². The normalized spacial score (nSPS) is 22.9. The van der Waals surface area contributed by atoms with Crippen molar-refractivity contribution in [1.29, 1.82) is 0 Å². The number of rotatable bonds is 3. The van der Waals surface area contributed by atoms with Crippen molar-refractivity contribution in [1.82, 2.24) is 14.7 Å². The van der Waals surface area contributed by atoms with Crippen molar-refractivity contribution in [2.75, 3.05) is 46.3 Å². The average Bonchev–Trinajstić information content (AvgIpc) is 2.33. The number of hydrogen-bond acceptors (Lipinski definition) is 3. The van der Waals surface area contributed by atoms with Gasteiger partial charge in [0.25, 0.3) is 0 Å². The molecule has 2 aliphatic rings. The summed E-state index contributed by atoms with van der Waals surface area (Å²) in [5.41, 5.74) is 0.722. The van der Waals surface area contributed by atoms with Crippen LogP contribution in [-0.2, 0) is 6.54 Å². The van der Waals surface area contributed by atoms with Gasteiger partial charge in [-0.1, -0.05) is 0 Å². The highest BCUT2D eigenvalue weighted by molar-refractivity contribution is 5.18. The van der Waals surface area contributed by atoms with Crippen molar-refractivity contribution >= 4 is 0 Å². The van der Waals surface area contributed by atoms with Crippen LogP contribution >= 0.6 is 0 Å². The Kier molecular flexibility index (Phi) is 4.01. The van der Waals surface area contributed by atoms with Gasteiger partial charge in [-0.25, -0.2) is 8.78 Å². The van der Waals surface area contributed by atoms with E-state index in [1.165, 1.54) is 12.1 Å². The molecule has 20 heavy (non-hydrogen) atoms. The minimum absolute atomic E-state index is 0.490. The Balaban J connectivity index is 1.48. The molecule has 0 radical (unpaired) electrons. The van der Waals surface area contributed by atoms with Gasteiger partial charge in [0.15, 0.2) is 0 Å². The summed E-state index contributed by atoms with van der Waals surface area (Å²) in [5, 5.41) is 0. The van der Waals surface area contributed by atoms with Crippen molar-refractivity contribution < 1.29 is 8.78 Å². The number of hydrogen-bond donors (Lipinski definition) is 0. The molecular weight excluding hydrogens is 260 g/mol. The molecule has 0 saturated carbocycles. The Morgan fingerprint density at radius 3 is 2.20 bits per heavy atom. The Bertz CT molecular complexity index is 446. The van der Waals surface area contributed by atoms with E-state index in [4.69, 9.17) is 0 Å². The summed E-state index contributed by atoms with van der Waals surface area (Å²) in [6.07, 6.45) is 0. The fourth-order valence-electron chi connectivity index (χ4n) is 3.05. The van der Waals surface area contributed by atoms with Gasteiger partial charge >= 0.3 is 0 Å². The van der Waals surface area contributed by atoms with Crippen molar-refractivity contribution in [2.45, 2.75) is 12.6 Å². The molecule has 0 N–H and O–H groups in total. The predicted octanol–water partition coefficient (Wildman–Crippen LogP) is 1.40. The summed E-state index contributed by atoms with van der Waals surface area (Å²) in [6, 6.07) is 4.38. The van der Waals surface area contributed by atoms with E-state index in [0.29, 0.717) is 12.6 Å². The summed E-state index contributed by atoms with van der Waals surface area (Å²) in [7, 11) is 2.16. The molecule has 0 aromatic heterocycles. The highest BCUT2D eigenvalue weighted by atomic mass is 19.1. The number of likely N-dealkylation sites (tertiary alicyclic amines) is 1. The monoisotopic (exact) mass is 281 g/mol. The third kappa shape index (κ3) is 3.16. The molecule has 0 unspecified atom stereocenters. The lowest BCUT2D eigenvalue weighted by Gasteiger charge is -2.48. The number of halogens is 2. The Morgan fingerprint density at radius 1 is 1.00 bits per heavy atom. The second kappa shape index (κ2) is 5.76. The minimum Gasteiger partial charge on any atom is -0.304 e. The molecule has 1 aromatic rings. The first kappa shape index (κ1) is 13.9. The smallest absolute Gasteiger partial charge is 0.126 e. The molecule has 0 aliphatic carbocycles. The van der Waals surface area contributed by atoms with Crippen LogP contribution in [0.1, 0.15) is 5.56 Å². The second-order valence-corrected chi connectivity index (χ2v) is 5.96. The van der Waals surface area contributed by atoms with Crippen LogP contribution in [0, 0.1) is 11.6 Å². The SMILES string of the molecule is CN1CCN(C2CN(Cc3cc(F)cc(F)c3)C2)CC1. The first-order valence-electron chi connectivity index (χ1n) is 7.20. The largest absolute Gasteiger partial charge is 0.304 e.